The topological polar surface area (TPSA) is 24.7 Å². The second-order valence-corrected chi connectivity index (χ2v) is 2.48. The number of benzene rings is 1. The molecule has 3 heteroatoms. The van der Waals surface area contributed by atoms with Gasteiger partial charge < -0.3 is 0 Å². The van der Waals surface area contributed by atoms with Gasteiger partial charge in [-0.05, 0) is 19.1 Å². The molecular weight excluding hydrogens is 167 g/mol. The van der Waals surface area contributed by atoms with Crippen molar-refractivity contribution in [1.82, 2.24) is 0 Å². The van der Waals surface area contributed by atoms with Crippen molar-refractivity contribution in [2.75, 3.05) is 7.05 Å². The molecule has 0 aliphatic rings. The molecule has 0 amide bonds. The smallest absolute Gasteiger partial charge is 0.123 e. The van der Waals surface area contributed by atoms with Crippen molar-refractivity contribution in [3.63, 3.8) is 0 Å². The van der Waals surface area contributed by atoms with Crippen LogP contribution in [0.3, 0.4) is 0 Å². The summed E-state index contributed by atoms with van der Waals surface area (Å²) in [5.41, 5.74) is 1.43. The number of allylic oxidation sites excluding steroid dienone is 1. The van der Waals surface area contributed by atoms with Gasteiger partial charge in [-0.1, -0.05) is 18.2 Å². The third-order valence-corrected chi connectivity index (χ3v) is 1.60. The maximum Gasteiger partial charge on any atom is 0.123 e. The number of rotatable bonds is 2. The summed E-state index contributed by atoms with van der Waals surface area (Å²) >= 11 is 0. The molecule has 1 aromatic carbocycles. The monoisotopic (exact) mass is 178 g/mol. The quantitative estimate of drug-likeness (QED) is 0.621. The largest absolute Gasteiger partial charge is 0.207 e. The molecule has 1 rings (SSSR count). The molecule has 13 heavy (non-hydrogen) atoms. The zero-order chi connectivity index (χ0) is 9.68. The molecule has 0 aromatic heterocycles. The number of halogens is 1. The fourth-order valence-electron chi connectivity index (χ4n) is 1.04. The molecule has 0 atom stereocenters. The molecule has 0 heterocycles. The minimum atomic E-state index is -0.261. The van der Waals surface area contributed by atoms with Crippen LogP contribution in [0.25, 0.3) is 5.70 Å². The van der Waals surface area contributed by atoms with Crippen LogP contribution < -0.4 is 0 Å². The second-order valence-electron chi connectivity index (χ2n) is 2.48. The molecule has 68 valence electrons. The van der Waals surface area contributed by atoms with E-state index in [0.29, 0.717) is 5.70 Å². The summed E-state index contributed by atoms with van der Waals surface area (Å²) in [6.45, 7) is 1.84. The first-order valence-corrected chi connectivity index (χ1v) is 4.00. The van der Waals surface area contributed by atoms with Gasteiger partial charge in [-0.25, -0.2) is 4.39 Å². The van der Waals surface area contributed by atoms with E-state index in [-0.39, 0.29) is 5.82 Å². The van der Waals surface area contributed by atoms with E-state index >= 15 is 0 Å². The minimum Gasteiger partial charge on any atom is -0.207 e. The summed E-state index contributed by atoms with van der Waals surface area (Å²) in [5, 5.41) is 7.52. The van der Waals surface area contributed by atoms with Crippen molar-refractivity contribution in [2.45, 2.75) is 6.92 Å². The van der Waals surface area contributed by atoms with Gasteiger partial charge >= 0.3 is 0 Å². The maximum atomic E-state index is 12.8. The van der Waals surface area contributed by atoms with Crippen molar-refractivity contribution in [1.29, 1.82) is 0 Å². The van der Waals surface area contributed by atoms with Crippen LogP contribution in [0.5, 0.6) is 0 Å². The molecule has 0 radical (unpaired) electrons. The maximum absolute atomic E-state index is 12.8. The van der Waals surface area contributed by atoms with Gasteiger partial charge in [0.25, 0.3) is 0 Å². The Hall–Kier alpha value is -1.51. The summed E-state index contributed by atoms with van der Waals surface area (Å²) in [6, 6.07) is 6.29. The molecule has 0 bridgehead atoms. The Morgan fingerprint density at radius 3 is 2.77 bits per heavy atom. The Morgan fingerprint density at radius 2 is 2.23 bits per heavy atom. The van der Waals surface area contributed by atoms with Gasteiger partial charge in [0, 0.05) is 12.6 Å². The Balaban J connectivity index is 3.06. The lowest BCUT2D eigenvalue weighted by atomic mass is 10.1. The predicted molar refractivity (Wildman–Crippen MR) is 50.8 cm³/mol. The Labute approximate surface area is 76.8 Å². The molecule has 0 spiro atoms. The first-order valence-electron chi connectivity index (χ1n) is 4.00. The van der Waals surface area contributed by atoms with Crippen molar-refractivity contribution >= 4 is 5.70 Å². The molecule has 0 aliphatic carbocycles. The molecule has 1 aromatic rings. The highest BCUT2D eigenvalue weighted by Gasteiger charge is 1.99. The number of hydrogen-bond donors (Lipinski definition) is 0. The van der Waals surface area contributed by atoms with Crippen molar-refractivity contribution in [2.24, 2.45) is 10.2 Å². The molecule has 0 saturated heterocycles. The molecular formula is C10H11FN2. The van der Waals surface area contributed by atoms with E-state index in [0.717, 1.165) is 5.56 Å². The third kappa shape index (κ3) is 2.47. The third-order valence-electron chi connectivity index (χ3n) is 1.60. The number of nitrogens with zero attached hydrogens (tertiary/aromatic N) is 2. The van der Waals surface area contributed by atoms with Gasteiger partial charge in [-0.2, -0.15) is 10.2 Å². The highest BCUT2D eigenvalue weighted by atomic mass is 19.1. The molecule has 0 unspecified atom stereocenters. The van der Waals surface area contributed by atoms with E-state index in [1.165, 1.54) is 12.1 Å². The van der Waals surface area contributed by atoms with Crippen LogP contribution in [0.4, 0.5) is 4.39 Å². The summed E-state index contributed by atoms with van der Waals surface area (Å²) in [4.78, 5) is 0. The van der Waals surface area contributed by atoms with Crippen molar-refractivity contribution in [3.05, 3.63) is 41.7 Å². The molecule has 0 N–H and O–H groups in total. The van der Waals surface area contributed by atoms with Gasteiger partial charge in [-0.15, -0.1) is 0 Å². The van der Waals surface area contributed by atoms with E-state index in [4.69, 9.17) is 0 Å². The Morgan fingerprint density at radius 1 is 1.46 bits per heavy atom. The Bertz CT molecular complexity index is 343. The molecule has 2 nitrogen and oxygen atoms in total. The standard InChI is InChI=1S/C10H11FN2/c1-3-10(13-12-2)8-5-4-6-9(11)7-8/h3-7H,1-2H3/b10-3-,13-12?. The first-order chi connectivity index (χ1) is 6.27. The highest BCUT2D eigenvalue weighted by Crippen LogP contribution is 2.16. The Kier molecular flexibility index (Phi) is 3.31. The van der Waals surface area contributed by atoms with Gasteiger partial charge in [0.15, 0.2) is 0 Å². The zero-order valence-corrected chi connectivity index (χ0v) is 7.66. The average Bonchev–Trinajstić information content (AvgIpc) is 2.14. The fraction of sp³-hybridized carbons (Fsp3) is 0.200. The van der Waals surface area contributed by atoms with E-state index in [1.54, 1.807) is 25.3 Å². The van der Waals surface area contributed by atoms with Crippen LogP contribution in [0, 0.1) is 5.82 Å². The molecule has 0 fully saturated rings. The van der Waals surface area contributed by atoms with Crippen LogP contribution in [0.1, 0.15) is 12.5 Å². The van der Waals surface area contributed by atoms with Gasteiger partial charge in [0.05, 0.1) is 5.70 Å². The SMILES string of the molecule is C/C=C(\N=NC)c1cccc(F)c1. The van der Waals surface area contributed by atoms with E-state index in [2.05, 4.69) is 10.2 Å². The van der Waals surface area contributed by atoms with E-state index < -0.39 is 0 Å². The summed E-state index contributed by atoms with van der Waals surface area (Å²) in [5.74, 6) is -0.261. The molecule has 0 saturated carbocycles. The lowest BCUT2D eigenvalue weighted by Crippen LogP contribution is -1.81. The zero-order valence-electron chi connectivity index (χ0n) is 7.66. The second kappa shape index (κ2) is 4.50. The van der Waals surface area contributed by atoms with Crippen LogP contribution in [-0.4, -0.2) is 7.05 Å². The first kappa shape index (κ1) is 9.58. The van der Waals surface area contributed by atoms with Crippen LogP contribution >= 0.6 is 0 Å². The van der Waals surface area contributed by atoms with Gasteiger partial charge in [0.2, 0.25) is 0 Å². The lowest BCUT2D eigenvalue weighted by Gasteiger charge is -1.99. The number of azo groups is 1. The number of hydrogen-bond acceptors (Lipinski definition) is 2. The van der Waals surface area contributed by atoms with Crippen LogP contribution in [0.2, 0.25) is 0 Å². The summed E-state index contributed by atoms with van der Waals surface area (Å²) in [6.07, 6.45) is 1.79. The van der Waals surface area contributed by atoms with E-state index in [1.807, 2.05) is 6.92 Å². The van der Waals surface area contributed by atoms with Crippen LogP contribution in [-0.2, 0) is 0 Å². The fourth-order valence-corrected chi connectivity index (χ4v) is 1.04. The summed E-state index contributed by atoms with van der Waals surface area (Å²) in [7, 11) is 1.59. The van der Waals surface area contributed by atoms with Gasteiger partial charge in [0.1, 0.15) is 5.82 Å². The normalized spacial score (nSPS) is 12.4. The average molecular weight is 178 g/mol. The van der Waals surface area contributed by atoms with Gasteiger partial charge in [-0.3, -0.25) is 0 Å². The van der Waals surface area contributed by atoms with Crippen LogP contribution in [0.15, 0.2) is 40.6 Å². The van der Waals surface area contributed by atoms with Crippen molar-refractivity contribution < 1.29 is 4.39 Å². The summed E-state index contributed by atoms with van der Waals surface area (Å²) < 4.78 is 12.8. The minimum absolute atomic E-state index is 0.261. The van der Waals surface area contributed by atoms with Crippen molar-refractivity contribution in [3.8, 4) is 0 Å². The predicted octanol–water partition coefficient (Wildman–Crippen LogP) is 3.27. The highest BCUT2D eigenvalue weighted by molar-refractivity contribution is 5.63. The lowest BCUT2D eigenvalue weighted by molar-refractivity contribution is 0.627. The molecule has 0 aliphatic heterocycles. The van der Waals surface area contributed by atoms with E-state index in [9.17, 15) is 4.39 Å².